The van der Waals surface area contributed by atoms with E-state index in [1.807, 2.05) is 0 Å². The summed E-state index contributed by atoms with van der Waals surface area (Å²) in [6.07, 6.45) is 4.64. The second kappa shape index (κ2) is 4.15. The van der Waals surface area contributed by atoms with Gasteiger partial charge >= 0.3 is 0 Å². The first kappa shape index (κ1) is 11.8. The van der Waals surface area contributed by atoms with Gasteiger partial charge in [-0.15, -0.1) is 0 Å². The molecule has 1 unspecified atom stereocenters. The highest BCUT2D eigenvalue weighted by atomic mass is 16.2. The zero-order valence-corrected chi connectivity index (χ0v) is 10.2. The van der Waals surface area contributed by atoms with Gasteiger partial charge in [0.2, 0.25) is 11.8 Å². The molecule has 1 fully saturated rings. The number of allylic oxidation sites excluding steroid dienone is 1. The molecule has 0 aromatic heterocycles. The van der Waals surface area contributed by atoms with Crippen LogP contribution in [0.1, 0.15) is 19.3 Å². The van der Waals surface area contributed by atoms with E-state index in [4.69, 9.17) is 5.41 Å². The summed E-state index contributed by atoms with van der Waals surface area (Å²) in [6.45, 7) is 0.295. The number of piperidine rings is 1. The van der Waals surface area contributed by atoms with E-state index >= 15 is 0 Å². The third-order valence-electron chi connectivity index (χ3n) is 3.70. The Hall–Kier alpha value is -2.24. The van der Waals surface area contributed by atoms with Crippen LogP contribution >= 0.6 is 0 Å². The first-order valence-electron chi connectivity index (χ1n) is 6.20. The number of amides is 3. The molecule has 2 heterocycles. The van der Waals surface area contributed by atoms with Gasteiger partial charge in [0.1, 0.15) is 6.04 Å². The molecule has 1 saturated heterocycles. The molecule has 1 aliphatic carbocycles. The van der Waals surface area contributed by atoms with Gasteiger partial charge in [-0.05, 0) is 6.42 Å². The van der Waals surface area contributed by atoms with Crippen molar-refractivity contribution < 1.29 is 14.4 Å². The maximum Gasteiger partial charge on any atom is 0.255 e. The van der Waals surface area contributed by atoms with Gasteiger partial charge in [0, 0.05) is 36.2 Å². The van der Waals surface area contributed by atoms with E-state index in [1.54, 1.807) is 12.2 Å². The lowest BCUT2D eigenvalue weighted by molar-refractivity contribution is -0.142. The Morgan fingerprint density at radius 2 is 2.11 bits per heavy atom. The average molecular weight is 259 g/mol. The molecule has 0 aromatic rings. The molecule has 2 N–H and O–H groups in total. The summed E-state index contributed by atoms with van der Waals surface area (Å²) in [4.78, 5) is 36.7. The van der Waals surface area contributed by atoms with Gasteiger partial charge in [-0.3, -0.25) is 19.7 Å². The Morgan fingerprint density at radius 3 is 2.79 bits per heavy atom. The van der Waals surface area contributed by atoms with E-state index in [0.717, 1.165) is 0 Å². The molecule has 0 spiro atoms. The summed E-state index contributed by atoms with van der Waals surface area (Å²) >= 11 is 0. The van der Waals surface area contributed by atoms with E-state index in [2.05, 4.69) is 5.32 Å². The Balaban J connectivity index is 1.84. The van der Waals surface area contributed by atoms with E-state index in [-0.39, 0.29) is 18.2 Å². The van der Waals surface area contributed by atoms with Crippen molar-refractivity contribution in [3.63, 3.8) is 0 Å². The third kappa shape index (κ3) is 1.80. The topological polar surface area (TPSA) is 90.3 Å². The largest absolute Gasteiger partial charge is 0.322 e. The minimum atomic E-state index is -0.600. The van der Waals surface area contributed by atoms with Crippen LogP contribution in [0.25, 0.3) is 0 Å². The highest BCUT2D eigenvalue weighted by Gasteiger charge is 2.40. The van der Waals surface area contributed by atoms with Gasteiger partial charge < -0.3 is 10.3 Å². The van der Waals surface area contributed by atoms with Crippen LogP contribution in [0, 0.1) is 5.41 Å². The molecule has 3 aliphatic rings. The number of carbonyl (C=O) groups is 3. The molecule has 3 rings (SSSR count). The third-order valence-corrected chi connectivity index (χ3v) is 3.70. The number of hydrogen-bond donors (Lipinski definition) is 2. The molecule has 0 aromatic carbocycles. The van der Waals surface area contributed by atoms with Crippen molar-refractivity contribution in [2.75, 3.05) is 6.54 Å². The van der Waals surface area contributed by atoms with E-state index in [1.165, 1.54) is 4.90 Å². The first-order chi connectivity index (χ1) is 9.08. The molecule has 6 heteroatoms. The van der Waals surface area contributed by atoms with Crippen LogP contribution in [0.4, 0.5) is 0 Å². The highest BCUT2D eigenvalue weighted by molar-refractivity contribution is 6.15. The fourth-order valence-electron chi connectivity index (χ4n) is 2.69. The quantitative estimate of drug-likeness (QED) is 0.645. The maximum absolute atomic E-state index is 12.3. The van der Waals surface area contributed by atoms with E-state index in [9.17, 15) is 14.4 Å². The predicted molar refractivity (Wildman–Crippen MR) is 66.4 cm³/mol. The molecule has 0 bridgehead atoms. The predicted octanol–water partition coefficient (Wildman–Crippen LogP) is -0.0899. The van der Waals surface area contributed by atoms with Crippen LogP contribution in [0.15, 0.2) is 23.3 Å². The summed E-state index contributed by atoms with van der Waals surface area (Å²) in [7, 11) is 0. The Labute approximate surface area is 109 Å². The normalized spacial score (nSPS) is 26.9. The van der Waals surface area contributed by atoms with Gasteiger partial charge in [-0.25, -0.2) is 0 Å². The fraction of sp³-hybridized carbons (Fsp3) is 0.385. The highest BCUT2D eigenvalue weighted by Crippen LogP contribution is 2.29. The van der Waals surface area contributed by atoms with Gasteiger partial charge in [-0.1, -0.05) is 12.2 Å². The minimum Gasteiger partial charge on any atom is -0.322 e. The van der Waals surface area contributed by atoms with Crippen molar-refractivity contribution in [3.8, 4) is 0 Å². The van der Waals surface area contributed by atoms with Crippen molar-refractivity contribution in [2.45, 2.75) is 25.3 Å². The number of hydrogen-bond acceptors (Lipinski definition) is 4. The van der Waals surface area contributed by atoms with Crippen LogP contribution in [0.3, 0.4) is 0 Å². The summed E-state index contributed by atoms with van der Waals surface area (Å²) in [5.74, 6) is -0.927. The summed E-state index contributed by atoms with van der Waals surface area (Å²) in [5.41, 5.74) is 1.65. The van der Waals surface area contributed by atoms with Crippen molar-refractivity contribution >= 4 is 23.4 Å². The molecule has 2 aliphatic heterocycles. The summed E-state index contributed by atoms with van der Waals surface area (Å²) in [6, 6.07) is -0.600. The number of imide groups is 1. The molecule has 0 radical (unpaired) electrons. The van der Waals surface area contributed by atoms with E-state index in [0.29, 0.717) is 36.2 Å². The Kier molecular flexibility index (Phi) is 2.58. The van der Waals surface area contributed by atoms with Gasteiger partial charge in [0.25, 0.3) is 5.91 Å². The molecule has 1 atom stereocenters. The molecule has 3 amide bonds. The number of rotatable bonds is 1. The average Bonchev–Trinajstić information content (AvgIpc) is 2.69. The van der Waals surface area contributed by atoms with Crippen LogP contribution < -0.4 is 5.32 Å². The molecule has 0 saturated carbocycles. The standard InChI is InChI=1S/C13H13N3O3/c14-9-3-1-2-7-8(9)6-16(13(7)19)10-4-5-11(17)15-12(10)18/h1-2,10,14H,3-6H2,(H,15,17,18). The van der Waals surface area contributed by atoms with Crippen LogP contribution in [0.5, 0.6) is 0 Å². The molecule has 98 valence electrons. The van der Waals surface area contributed by atoms with Crippen molar-refractivity contribution in [2.24, 2.45) is 0 Å². The molecular formula is C13H13N3O3. The van der Waals surface area contributed by atoms with Crippen molar-refractivity contribution in [1.82, 2.24) is 10.2 Å². The number of nitrogens with one attached hydrogen (secondary N) is 2. The lowest BCUT2D eigenvalue weighted by Gasteiger charge is -2.29. The number of nitrogens with zero attached hydrogens (tertiary/aromatic N) is 1. The van der Waals surface area contributed by atoms with Crippen LogP contribution in [-0.2, 0) is 14.4 Å². The second-order valence-corrected chi connectivity index (χ2v) is 4.88. The fourth-order valence-corrected chi connectivity index (χ4v) is 2.69. The van der Waals surface area contributed by atoms with Crippen LogP contribution in [-0.4, -0.2) is 40.9 Å². The minimum absolute atomic E-state index is 0.217. The van der Waals surface area contributed by atoms with Crippen molar-refractivity contribution in [1.29, 1.82) is 5.41 Å². The molecule has 6 nitrogen and oxygen atoms in total. The Morgan fingerprint density at radius 1 is 1.32 bits per heavy atom. The van der Waals surface area contributed by atoms with Crippen molar-refractivity contribution in [3.05, 3.63) is 23.3 Å². The summed E-state index contributed by atoms with van der Waals surface area (Å²) < 4.78 is 0. The maximum atomic E-state index is 12.3. The Bertz CT molecular complexity index is 574. The van der Waals surface area contributed by atoms with Crippen LogP contribution in [0.2, 0.25) is 0 Å². The molecular weight excluding hydrogens is 246 g/mol. The monoisotopic (exact) mass is 259 g/mol. The zero-order valence-electron chi connectivity index (χ0n) is 10.2. The summed E-state index contributed by atoms with van der Waals surface area (Å²) in [5, 5.41) is 10.1. The van der Waals surface area contributed by atoms with Gasteiger partial charge in [0.15, 0.2) is 0 Å². The first-order valence-corrected chi connectivity index (χ1v) is 6.20. The van der Waals surface area contributed by atoms with Gasteiger partial charge in [-0.2, -0.15) is 0 Å². The number of carbonyl (C=O) groups excluding carboxylic acids is 3. The second-order valence-electron chi connectivity index (χ2n) is 4.88. The lowest BCUT2D eigenvalue weighted by Crippen LogP contribution is -2.53. The SMILES string of the molecule is N=C1CC=CC2=C1CN(C1CCC(=O)NC1=O)C2=O. The lowest BCUT2D eigenvalue weighted by atomic mass is 9.98. The van der Waals surface area contributed by atoms with Gasteiger partial charge in [0.05, 0.1) is 0 Å². The molecule has 19 heavy (non-hydrogen) atoms. The smallest absolute Gasteiger partial charge is 0.255 e. The van der Waals surface area contributed by atoms with E-state index < -0.39 is 11.9 Å². The zero-order chi connectivity index (χ0) is 13.6.